The molecule has 0 nitrogen and oxygen atoms in total. The van der Waals surface area contributed by atoms with Crippen LogP contribution in [0.4, 0.5) is 0 Å². The lowest BCUT2D eigenvalue weighted by atomic mass is 9.96. The van der Waals surface area contributed by atoms with Crippen LogP contribution in [-0.2, 0) is 12.8 Å². The molecule has 0 aromatic heterocycles. The fourth-order valence-electron chi connectivity index (χ4n) is 2.16. The highest BCUT2D eigenvalue weighted by atomic mass is 14.1. The Morgan fingerprint density at radius 1 is 0.933 bits per heavy atom. The van der Waals surface area contributed by atoms with Crippen molar-refractivity contribution < 1.29 is 0 Å². The molecule has 0 N–H and O–H groups in total. The van der Waals surface area contributed by atoms with Crippen molar-refractivity contribution in [1.82, 2.24) is 0 Å². The SMILES string of the molecule is CCc1ccc2ccc(CC)c(C)c2c1. The van der Waals surface area contributed by atoms with E-state index in [0.717, 1.165) is 12.8 Å². The van der Waals surface area contributed by atoms with Crippen LogP contribution in [0.5, 0.6) is 0 Å². The van der Waals surface area contributed by atoms with Crippen molar-refractivity contribution in [1.29, 1.82) is 0 Å². The normalized spacial score (nSPS) is 10.9. The average Bonchev–Trinajstić information content (AvgIpc) is 2.29. The molecule has 0 aliphatic rings. The fourth-order valence-corrected chi connectivity index (χ4v) is 2.16. The van der Waals surface area contributed by atoms with Crippen LogP contribution in [0.3, 0.4) is 0 Å². The predicted octanol–water partition coefficient (Wildman–Crippen LogP) is 4.27. The van der Waals surface area contributed by atoms with Gasteiger partial charge in [0.25, 0.3) is 0 Å². The maximum Gasteiger partial charge on any atom is -0.0149 e. The summed E-state index contributed by atoms with van der Waals surface area (Å²) in [6, 6.07) is 11.3. The average molecular weight is 198 g/mol. The van der Waals surface area contributed by atoms with E-state index in [2.05, 4.69) is 51.1 Å². The van der Waals surface area contributed by atoms with Crippen LogP contribution >= 0.6 is 0 Å². The third kappa shape index (κ3) is 1.77. The number of hydrogen-bond donors (Lipinski definition) is 0. The highest BCUT2D eigenvalue weighted by Gasteiger charge is 2.02. The van der Waals surface area contributed by atoms with Crippen molar-refractivity contribution in [2.75, 3.05) is 0 Å². The highest BCUT2D eigenvalue weighted by Crippen LogP contribution is 2.23. The van der Waals surface area contributed by atoms with E-state index in [9.17, 15) is 0 Å². The Morgan fingerprint density at radius 2 is 1.67 bits per heavy atom. The summed E-state index contributed by atoms with van der Waals surface area (Å²) in [6.45, 7) is 6.67. The lowest BCUT2D eigenvalue weighted by Crippen LogP contribution is -1.89. The lowest BCUT2D eigenvalue weighted by molar-refractivity contribution is 1.11. The second-order valence-electron chi connectivity index (χ2n) is 4.11. The molecule has 0 saturated heterocycles. The largest absolute Gasteiger partial charge is 0.0613 e. The zero-order chi connectivity index (χ0) is 10.8. The molecule has 0 heterocycles. The number of hydrogen-bond acceptors (Lipinski definition) is 0. The fraction of sp³-hybridized carbons (Fsp3) is 0.333. The first kappa shape index (κ1) is 10.2. The molecule has 0 atom stereocenters. The molecule has 0 saturated carbocycles. The molecule has 2 rings (SSSR count). The van der Waals surface area contributed by atoms with Crippen molar-refractivity contribution in [2.24, 2.45) is 0 Å². The van der Waals surface area contributed by atoms with Gasteiger partial charge in [0.1, 0.15) is 0 Å². The van der Waals surface area contributed by atoms with Crippen LogP contribution in [0.1, 0.15) is 30.5 Å². The Bertz CT molecular complexity index is 475. The maximum atomic E-state index is 2.34. The minimum atomic E-state index is 1.12. The molecule has 2 aromatic carbocycles. The van der Waals surface area contributed by atoms with E-state index in [1.807, 2.05) is 0 Å². The molecule has 0 radical (unpaired) electrons. The van der Waals surface area contributed by atoms with Gasteiger partial charge >= 0.3 is 0 Å². The molecule has 0 bridgehead atoms. The van der Waals surface area contributed by atoms with E-state index in [-0.39, 0.29) is 0 Å². The van der Waals surface area contributed by atoms with Gasteiger partial charge in [0.2, 0.25) is 0 Å². The summed E-state index contributed by atoms with van der Waals surface area (Å²) in [5.74, 6) is 0. The van der Waals surface area contributed by atoms with Crippen LogP contribution < -0.4 is 0 Å². The van der Waals surface area contributed by atoms with Gasteiger partial charge in [0.05, 0.1) is 0 Å². The van der Waals surface area contributed by atoms with Gasteiger partial charge < -0.3 is 0 Å². The second kappa shape index (κ2) is 4.06. The van der Waals surface area contributed by atoms with Crippen molar-refractivity contribution >= 4 is 10.8 Å². The van der Waals surface area contributed by atoms with Crippen molar-refractivity contribution in [3.05, 3.63) is 47.0 Å². The van der Waals surface area contributed by atoms with Gasteiger partial charge in [-0.3, -0.25) is 0 Å². The van der Waals surface area contributed by atoms with Crippen LogP contribution in [-0.4, -0.2) is 0 Å². The molecule has 2 aromatic rings. The maximum absolute atomic E-state index is 2.34. The molecular formula is C15H18. The quantitative estimate of drug-likeness (QED) is 0.676. The summed E-state index contributed by atoms with van der Waals surface area (Å²) in [5.41, 5.74) is 4.35. The standard InChI is InChI=1S/C15H18/c1-4-12-6-7-14-9-8-13(5-2)11(3)15(14)10-12/h6-10H,4-5H2,1-3H3. The minimum Gasteiger partial charge on any atom is -0.0613 e. The number of benzene rings is 2. The molecule has 0 aliphatic heterocycles. The summed E-state index contributed by atoms with van der Waals surface area (Å²) < 4.78 is 0. The van der Waals surface area contributed by atoms with Gasteiger partial charge in [-0.1, -0.05) is 44.2 Å². The highest BCUT2D eigenvalue weighted by molar-refractivity contribution is 5.87. The predicted molar refractivity (Wildman–Crippen MR) is 67.4 cm³/mol. The molecule has 15 heavy (non-hydrogen) atoms. The molecule has 0 unspecified atom stereocenters. The van der Waals surface area contributed by atoms with E-state index in [1.165, 1.54) is 27.5 Å². The van der Waals surface area contributed by atoms with Gasteiger partial charge in [-0.2, -0.15) is 0 Å². The number of aryl methyl sites for hydroxylation is 3. The summed E-state index contributed by atoms with van der Waals surface area (Å²) in [5, 5.41) is 2.79. The Hall–Kier alpha value is -1.30. The zero-order valence-corrected chi connectivity index (χ0v) is 9.80. The van der Waals surface area contributed by atoms with E-state index >= 15 is 0 Å². The first-order valence-electron chi connectivity index (χ1n) is 5.77. The van der Waals surface area contributed by atoms with Gasteiger partial charge in [-0.15, -0.1) is 0 Å². The monoisotopic (exact) mass is 198 g/mol. The first-order chi connectivity index (χ1) is 7.26. The third-order valence-electron chi connectivity index (χ3n) is 3.26. The van der Waals surface area contributed by atoms with E-state index in [1.54, 1.807) is 0 Å². The minimum absolute atomic E-state index is 1.12. The summed E-state index contributed by atoms with van der Waals surface area (Å²) in [4.78, 5) is 0. The van der Waals surface area contributed by atoms with Crippen LogP contribution in [0, 0.1) is 6.92 Å². The summed E-state index contributed by atoms with van der Waals surface area (Å²) in [6.07, 6.45) is 2.24. The molecule has 0 aliphatic carbocycles. The Morgan fingerprint density at radius 3 is 2.33 bits per heavy atom. The van der Waals surface area contributed by atoms with Crippen LogP contribution in [0.25, 0.3) is 10.8 Å². The van der Waals surface area contributed by atoms with Crippen LogP contribution in [0.15, 0.2) is 30.3 Å². The third-order valence-corrected chi connectivity index (χ3v) is 3.26. The molecule has 0 spiro atoms. The number of rotatable bonds is 2. The van der Waals surface area contributed by atoms with Crippen molar-refractivity contribution in [3.63, 3.8) is 0 Å². The van der Waals surface area contributed by atoms with Crippen molar-refractivity contribution in [2.45, 2.75) is 33.6 Å². The smallest absolute Gasteiger partial charge is 0.0149 e. The zero-order valence-electron chi connectivity index (χ0n) is 9.80. The molecule has 0 fully saturated rings. The Kier molecular flexibility index (Phi) is 2.77. The van der Waals surface area contributed by atoms with E-state index in [4.69, 9.17) is 0 Å². The topological polar surface area (TPSA) is 0 Å². The molecule has 0 amide bonds. The Balaban J connectivity index is 2.72. The van der Waals surface area contributed by atoms with Gasteiger partial charge in [0, 0.05) is 0 Å². The first-order valence-corrected chi connectivity index (χ1v) is 5.77. The van der Waals surface area contributed by atoms with Crippen molar-refractivity contribution in [3.8, 4) is 0 Å². The van der Waals surface area contributed by atoms with Gasteiger partial charge in [-0.05, 0) is 47.2 Å². The Labute approximate surface area is 91.9 Å². The van der Waals surface area contributed by atoms with Crippen LogP contribution in [0.2, 0.25) is 0 Å². The molecule has 78 valence electrons. The lowest BCUT2D eigenvalue weighted by Gasteiger charge is -2.08. The molecular weight excluding hydrogens is 180 g/mol. The molecule has 0 heteroatoms. The van der Waals surface area contributed by atoms with E-state index < -0.39 is 0 Å². The van der Waals surface area contributed by atoms with Gasteiger partial charge in [0.15, 0.2) is 0 Å². The van der Waals surface area contributed by atoms with Gasteiger partial charge in [-0.25, -0.2) is 0 Å². The number of fused-ring (bicyclic) bond motifs is 1. The second-order valence-corrected chi connectivity index (χ2v) is 4.11. The summed E-state index contributed by atoms with van der Waals surface area (Å²) >= 11 is 0. The summed E-state index contributed by atoms with van der Waals surface area (Å²) in [7, 11) is 0. The van der Waals surface area contributed by atoms with E-state index in [0.29, 0.717) is 0 Å².